The molecule has 14 heteroatoms. The largest absolute Gasteiger partial charge is 0.490 e. The number of carbonyl (C=O) groups is 1. The molecule has 0 aliphatic heterocycles. The van der Waals surface area contributed by atoms with Gasteiger partial charge in [0.25, 0.3) is 0 Å². The van der Waals surface area contributed by atoms with Crippen molar-refractivity contribution < 1.29 is 22.7 Å². The van der Waals surface area contributed by atoms with E-state index in [1.165, 1.54) is 12.1 Å². The molecule has 42 heavy (non-hydrogen) atoms. The third-order valence-corrected chi connectivity index (χ3v) is 6.05. The first-order valence-corrected chi connectivity index (χ1v) is 12.3. The molecular formula is C28H18F3N9O2. The second-order valence-corrected chi connectivity index (χ2v) is 8.85. The van der Waals surface area contributed by atoms with Crippen LogP contribution in [0, 0.1) is 0 Å². The lowest BCUT2D eigenvalue weighted by atomic mass is 10.0. The summed E-state index contributed by atoms with van der Waals surface area (Å²) in [4.78, 5) is 38.2. The lowest BCUT2D eigenvalue weighted by molar-refractivity contribution is -0.205. The van der Waals surface area contributed by atoms with Crippen molar-refractivity contribution >= 4 is 17.1 Å². The number of fused-ring (bicyclic) bond motifs is 1. The van der Waals surface area contributed by atoms with Crippen molar-refractivity contribution in [3.8, 4) is 45.7 Å². The number of alkyl halides is 3. The first-order chi connectivity index (χ1) is 20.3. The quantitative estimate of drug-likeness (QED) is 0.213. The summed E-state index contributed by atoms with van der Waals surface area (Å²) in [7, 11) is 0. The summed E-state index contributed by atoms with van der Waals surface area (Å²) < 4.78 is 42.1. The van der Waals surface area contributed by atoms with Gasteiger partial charge in [-0.15, -0.1) is 0 Å². The third kappa shape index (κ3) is 5.38. The van der Waals surface area contributed by atoms with E-state index in [0.29, 0.717) is 51.3 Å². The Morgan fingerprint density at radius 3 is 2.19 bits per heavy atom. The Hall–Kier alpha value is -5.63. The number of ether oxygens (including phenoxy) is 1. The Morgan fingerprint density at radius 2 is 1.48 bits per heavy atom. The van der Waals surface area contributed by atoms with Gasteiger partial charge in [0.2, 0.25) is 0 Å². The van der Waals surface area contributed by atoms with Crippen molar-refractivity contribution in [1.82, 2.24) is 40.1 Å². The van der Waals surface area contributed by atoms with Gasteiger partial charge in [-0.2, -0.15) is 18.3 Å². The Labute approximate surface area is 234 Å². The molecule has 1 unspecified atom stereocenters. The van der Waals surface area contributed by atoms with Crippen LogP contribution in [-0.4, -0.2) is 52.2 Å². The van der Waals surface area contributed by atoms with Crippen LogP contribution in [0.25, 0.3) is 56.8 Å². The third-order valence-electron chi connectivity index (χ3n) is 6.05. The average molecular weight is 570 g/mol. The number of pyridine rings is 1. The molecule has 0 amide bonds. The van der Waals surface area contributed by atoms with Crippen LogP contribution >= 0.6 is 0 Å². The van der Waals surface area contributed by atoms with Crippen LogP contribution in [0.1, 0.15) is 11.8 Å². The molecular weight excluding hydrogens is 551 g/mol. The molecule has 2 aromatic carbocycles. The number of H-pyrrole nitrogens is 1. The zero-order chi connectivity index (χ0) is 29.3. The van der Waals surface area contributed by atoms with Crippen molar-refractivity contribution in [3.05, 3.63) is 90.8 Å². The molecule has 3 N–H and O–H groups in total. The van der Waals surface area contributed by atoms with Crippen molar-refractivity contribution in [2.75, 3.05) is 0 Å². The van der Waals surface area contributed by atoms with Crippen LogP contribution < -0.4 is 5.73 Å². The van der Waals surface area contributed by atoms with E-state index in [0.717, 1.165) is 5.56 Å². The fraction of sp³-hybridized carbons (Fsp3) is 0.0714. The van der Waals surface area contributed by atoms with E-state index in [4.69, 9.17) is 15.7 Å². The van der Waals surface area contributed by atoms with Gasteiger partial charge in [-0.25, -0.2) is 34.7 Å². The highest BCUT2D eigenvalue weighted by Gasteiger charge is 2.42. The van der Waals surface area contributed by atoms with Crippen molar-refractivity contribution in [2.24, 2.45) is 5.73 Å². The molecule has 0 radical (unpaired) electrons. The zero-order valence-electron chi connectivity index (χ0n) is 21.3. The highest BCUT2D eigenvalue weighted by atomic mass is 19.4. The minimum atomic E-state index is -5.16. The molecule has 4 heterocycles. The maximum absolute atomic E-state index is 12.6. The monoisotopic (exact) mass is 569 g/mol. The number of carbonyl (C=O) groups excluding carboxylic acids is 1. The van der Waals surface area contributed by atoms with Crippen LogP contribution in [0.5, 0.6) is 0 Å². The fourth-order valence-corrected chi connectivity index (χ4v) is 4.04. The lowest BCUT2D eigenvalue weighted by Crippen LogP contribution is -2.29. The zero-order valence-corrected chi connectivity index (χ0v) is 21.3. The van der Waals surface area contributed by atoms with Gasteiger partial charge < -0.3 is 4.74 Å². The Morgan fingerprint density at radius 1 is 0.786 bits per heavy atom. The minimum absolute atomic E-state index is 0.162. The summed E-state index contributed by atoms with van der Waals surface area (Å²) in [5.74, 6) is -1.31. The summed E-state index contributed by atoms with van der Waals surface area (Å²) in [5, 5.41) is 7.04. The van der Waals surface area contributed by atoms with Crippen LogP contribution in [0.15, 0.2) is 85.2 Å². The number of hydrogen-bond donors (Lipinski definition) is 2. The predicted octanol–water partition coefficient (Wildman–Crippen LogP) is 4.66. The number of halogens is 3. The van der Waals surface area contributed by atoms with Gasteiger partial charge in [-0.3, -0.25) is 10.8 Å². The van der Waals surface area contributed by atoms with E-state index < -0.39 is 18.4 Å². The number of aromatic nitrogens is 8. The summed E-state index contributed by atoms with van der Waals surface area (Å²) in [6.45, 7) is 0. The smallest absolute Gasteiger partial charge is 0.436 e. The fourth-order valence-electron chi connectivity index (χ4n) is 4.04. The molecule has 208 valence electrons. The van der Waals surface area contributed by atoms with Gasteiger partial charge in [0.15, 0.2) is 29.3 Å². The van der Waals surface area contributed by atoms with Crippen molar-refractivity contribution in [2.45, 2.75) is 12.4 Å². The molecule has 6 aromatic rings. The van der Waals surface area contributed by atoms with Gasteiger partial charge in [0.1, 0.15) is 11.2 Å². The number of aromatic amines is 1. The normalized spacial score (nSPS) is 12.3. The Balaban J connectivity index is 1.39. The van der Waals surface area contributed by atoms with Crippen molar-refractivity contribution in [3.63, 3.8) is 0 Å². The lowest BCUT2D eigenvalue weighted by Gasteiger charge is -2.15. The molecule has 0 spiro atoms. The first kappa shape index (κ1) is 26.6. The summed E-state index contributed by atoms with van der Waals surface area (Å²) in [6.07, 6.45) is -3.58. The van der Waals surface area contributed by atoms with E-state index >= 15 is 0 Å². The second-order valence-electron chi connectivity index (χ2n) is 8.85. The van der Waals surface area contributed by atoms with E-state index in [1.807, 2.05) is 30.3 Å². The number of nitrogens with one attached hydrogen (secondary N) is 1. The molecule has 0 aliphatic rings. The van der Waals surface area contributed by atoms with Gasteiger partial charge >= 0.3 is 12.1 Å². The van der Waals surface area contributed by atoms with E-state index in [2.05, 4.69) is 34.9 Å². The average Bonchev–Trinajstić information content (AvgIpc) is 3.51. The van der Waals surface area contributed by atoms with Gasteiger partial charge in [-0.05, 0) is 18.2 Å². The van der Waals surface area contributed by atoms with E-state index in [1.54, 1.807) is 42.7 Å². The number of benzene rings is 2. The minimum Gasteiger partial charge on any atom is -0.436 e. The van der Waals surface area contributed by atoms with Crippen LogP contribution in [0.3, 0.4) is 0 Å². The van der Waals surface area contributed by atoms with Gasteiger partial charge in [0.05, 0.1) is 11.4 Å². The molecule has 11 nitrogen and oxygen atoms in total. The topological polar surface area (TPSA) is 158 Å². The second kappa shape index (κ2) is 10.7. The van der Waals surface area contributed by atoms with E-state index in [-0.39, 0.29) is 5.56 Å². The number of hydrogen-bond acceptors (Lipinski definition) is 10. The SMILES string of the molecule is NC(OC(=O)C(F)(F)F)c1ccc(-c2nc3nc(-c4n[nH]c(-c5ncccn5)n4)ccc3nc2-c2ccccc2)cc1. The highest BCUT2D eigenvalue weighted by molar-refractivity contribution is 5.85. The molecule has 0 aliphatic carbocycles. The molecule has 0 fully saturated rings. The maximum atomic E-state index is 12.6. The standard InChI is InChI=1S/C28H18F3N9O2/c29-28(30,31)27(41)42-22(32)17-9-7-16(8-10-17)21-20(15-5-2-1-3-6-15)35-18-11-12-19(36-23(18)37-21)24-38-26(40-39-24)25-33-13-4-14-34-25/h1-14,22H,32H2,(H,38,39,40). The van der Waals surface area contributed by atoms with E-state index in [9.17, 15) is 18.0 Å². The van der Waals surface area contributed by atoms with Crippen LogP contribution in [0.4, 0.5) is 13.2 Å². The number of nitrogens with two attached hydrogens (primary N) is 1. The summed E-state index contributed by atoms with van der Waals surface area (Å²) in [5.41, 5.74) is 9.48. The van der Waals surface area contributed by atoms with Gasteiger partial charge in [-0.1, -0.05) is 54.6 Å². The first-order valence-electron chi connectivity index (χ1n) is 12.3. The molecule has 6 rings (SSSR count). The van der Waals surface area contributed by atoms with Crippen LogP contribution in [-0.2, 0) is 9.53 Å². The highest BCUT2D eigenvalue weighted by Crippen LogP contribution is 2.32. The molecule has 0 saturated carbocycles. The Kier molecular flexibility index (Phi) is 6.80. The molecule has 0 bridgehead atoms. The molecule has 1 atom stereocenters. The Bertz CT molecular complexity index is 1880. The van der Waals surface area contributed by atoms with Gasteiger partial charge in [0, 0.05) is 29.1 Å². The summed E-state index contributed by atoms with van der Waals surface area (Å²) in [6, 6.07) is 20.6. The molecule has 4 aromatic heterocycles. The number of rotatable bonds is 6. The molecule has 0 saturated heterocycles. The van der Waals surface area contributed by atoms with Crippen LogP contribution in [0.2, 0.25) is 0 Å². The van der Waals surface area contributed by atoms with Crippen molar-refractivity contribution in [1.29, 1.82) is 0 Å². The summed E-state index contributed by atoms with van der Waals surface area (Å²) >= 11 is 0. The number of nitrogens with zero attached hydrogens (tertiary/aromatic N) is 7. The maximum Gasteiger partial charge on any atom is 0.490 e. The number of esters is 1. The predicted molar refractivity (Wildman–Crippen MR) is 144 cm³/mol.